The van der Waals surface area contributed by atoms with E-state index >= 15 is 0 Å². The van der Waals surface area contributed by atoms with Crippen LogP contribution in [0.1, 0.15) is 36.3 Å². The van der Waals surface area contributed by atoms with E-state index in [9.17, 15) is 9.18 Å². The van der Waals surface area contributed by atoms with Crippen LogP contribution in [0.4, 0.5) is 4.39 Å². The summed E-state index contributed by atoms with van der Waals surface area (Å²) in [7, 11) is 0. The van der Waals surface area contributed by atoms with E-state index in [0.717, 1.165) is 42.8 Å². The van der Waals surface area contributed by atoms with Crippen LogP contribution in [0, 0.1) is 5.82 Å². The Morgan fingerprint density at radius 3 is 2.79 bits per heavy atom. The maximum absolute atomic E-state index is 13.3. The zero-order chi connectivity index (χ0) is 19.9. The van der Waals surface area contributed by atoms with E-state index in [2.05, 4.69) is 11.8 Å². The largest absolute Gasteiger partial charge is 0.325 e. The highest BCUT2D eigenvalue weighted by Crippen LogP contribution is 2.38. The van der Waals surface area contributed by atoms with Crippen molar-refractivity contribution in [2.45, 2.75) is 31.7 Å². The summed E-state index contributed by atoms with van der Waals surface area (Å²) in [6.45, 7) is 4.83. The average molecular weight is 421 g/mol. The second-order valence-electron chi connectivity index (χ2n) is 7.06. The fraction of sp³-hybridized carbons (Fsp3) is 0.409. The van der Waals surface area contributed by atoms with Gasteiger partial charge >= 0.3 is 0 Å². The third-order valence-electron chi connectivity index (χ3n) is 4.85. The molecule has 1 fully saturated rings. The molecule has 2 aromatic carbocycles. The molecule has 0 unspecified atom stereocenters. The van der Waals surface area contributed by atoms with E-state index in [1.165, 1.54) is 12.1 Å². The first-order chi connectivity index (χ1) is 13.6. The summed E-state index contributed by atoms with van der Waals surface area (Å²) in [6.07, 6.45) is 2.13. The van der Waals surface area contributed by atoms with E-state index in [1.807, 2.05) is 29.2 Å². The number of nitrogens with zero attached hydrogens (tertiary/aromatic N) is 2. The molecule has 0 N–H and O–H groups in total. The first-order valence-electron chi connectivity index (χ1n) is 9.70. The highest BCUT2D eigenvalue weighted by Gasteiger charge is 2.31. The standard InChI is InChI=1S/C22H26ClFN2OS/c1-2-3-11-25(15-17-5-4-6-19(23)14-17)16-21(27)26-12-13-28-22(26)18-7-9-20(24)10-8-18/h4-10,14,22H,2-3,11-13,15-16H2,1H3/t22-/m1/s1. The molecule has 28 heavy (non-hydrogen) atoms. The molecule has 0 bridgehead atoms. The van der Waals surface area contributed by atoms with Gasteiger partial charge in [0.2, 0.25) is 5.91 Å². The molecule has 1 saturated heterocycles. The Bertz CT molecular complexity index is 786. The fourth-order valence-electron chi connectivity index (χ4n) is 3.40. The Morgan fingerprint density at radius 1 is 1.29 bits per heavy atom. The van der Waals surface area contributed by atoms with Gasteiger partial charge in [0.1, 0.15) is 11.2 Å². The van der Waals surface area contributed by atoms with Gasteiger partial charge in [-0.1, -0.05) is 49.2 Å². The van der Waals surface area contributed by atoms with Crippen LogP contribution in [0.15, 0.2) is 48.5 Å². The number of carbonyl (C=O) groups excluding carboxylic acids is 1. The number of carbonyl (C=O) groups is 1. The smallest absolute Gasteiger partial charge is 0.237 e. The number of hydrogen-bond donors (Lipinski definition) is 0. The summed E-state index contributed by atoms with van der Waals surface area (Å²) < 4.78 is 13.3. The minimum atomic E-state index is -0.253. The lowest BCUT2D eigenvalue weighted by molar-refractivity contribution is -0.132. The zero-order valence-electron chi connectivity index (χ0n) is 16.1. The van der Waals surface area contributed by atoms with Crippen LogP contribution < -0.4 is 0 Å². The quantitative estimate of drug-likeness (QED) is 0.574. The number of halogens is 2. The van der Waals surface area contributed by atoms with E-state index in [4.69, 9.17) is 11.6 Å². The van der Waals surface area contributed by atoms with E-state index < -0.39 is 0 Å². The third kappa shape index (κ3) is 5.72. The third-order valence-corrected chi connectivity index (χ3v) is 6.34. The number of thioether (sulfide) groups is 1. The molecule has 3 rings (SSSR count). The molecule has 1 amide bonds. The number of rotatable bonds is 8. The molecule has 0 radical (unpaired) electrons. The zero-order valence-corrected chi connectivity index (χ0v) is 17.7. The Kier molecular flexibility index (Phi) is 7.77. The minimum Gasteiger partial charge on any atom is -0.325 e. The van der Waals surface area contributed by atoms with Gasteiger partial charge in [-0.3, -0.25) is 9.69 Å². The van der Waals surface area contributed by atoms with Crippen LogP contribution >= 0.6 is 23.4 Å². The van der Waals surface area contributed by atoms with Crippen LogP contribution in [0.25, 0.3) is 0 Å². The van der Waals surface area contributed by atoms with Crippen molar-refractivity contribution in [3.63, 3.8) is 0 Å². The molecular weight excluding hydrogens is 395 g/mol. The summed E-state index contributed by atoms with van der Waals surface area (Å²) in [5.74, 6) is 0.770. The predicted molar refractivity (Wildman–Crippen MR) is 115 cm³/mol. The van der Waals surface area contributed by atoms with Crippen molar-refractivity contribution < 1.29 is 9.18 Å². The predicted octanol–water partition coefficient (Wildman–Crippen LogP) is 5.36. The van der Waals surface area contributed by atoms with Crippen LogP contribution in [0.2, 0.25) is 5.02 Å². The van der Waals surface area contributed by atoms with Crippen LogP contribution in [-0.2, 0) is 11.3 Å². The molecule has 150 valence electrons. The Morgan fingerprint density at radius 2 is 2.07 bits per heavy atom. The fourth-order valence-corrected chi connectivity index (χ4v) is 4.89. The van der Waals surface area contributed by atoms with Crippen molar-refractivity contribution in [3.05, 3.63) is 70.5 Å². The van der Waals surface area contributed by atoms with Gasteiger partial charge in [-0.25, -0.2) is 4.39 Å². The maximum Gasteiger partial charge on any atom is 0.237 e. The average Bonchev–Trinajstić information content (AvgIpc) is 3.16. The normalized spacial score (nSPS) is 16.7. The molecule has 1 aliphatic rings. The van der Waals surface area contributed by atoms with Gasteiger partial charge < -0.3 is 4.90 Å². The van der Waals surface area contributed by atoms with Crippen molar-refractivity contribution in [2.75, 3.05) is 25.4 Å². The summed E-state index contributed by atoms with van der Waals surface area (Å²) in [5, 5.41) is 0.680. The Balaban J connectivity index is 1.68. The summed E-state index contributed by atoms with van der Waals surface area (Å²) in [5.41, 5.74) is 2.09. The lowest BCUT2D eigenvalue weighted by Gasteiger charge is -2.28. The lowest BCUT2D eigenvalue weighted by Crippen LogP contribution is -2.40. The van der Waals surface area contributed by atoms with Gasteiger partial charge in [-0.15, -0.1) is 11.8 Å². The lowest BCUT2D eigenvalue weighted by atomic mass is 10.2. The summed E-state index contributed by atoms with van der Waals surface area (Å²) in [4.78, 5) is 17.2. The second kappa shape index (κ2) is 10.3. The molecule has 3 nitrogen and oxygen atoms in total. The highest BCUT2D eigenvalue weighted by atomic mass is 35.5. The van der Waals surface area contributed by atoms with Crippen LogP contribution in [0.5, 0.6) is 0 Å². The van der Waals surface area contributed by atoms with Gasteiger partial charge in [0, 0.05) is 23.9 Å². The van der Waals surface area contributed by atoms with Crippen LogP contribution in [0.3, 0.4) is 0 Å². The number of amides is 1. The highest BCUT2D eigenvalue weighted by molar-refractivity contribution is 7.99. The topological polar surface area (TPSA) is 23.6 Å². The van der Waals surface area contributed by atoms with Gasteiger partial charge in [-0.2, -0.15) is 0 Å². The van der Waals surface area contributed by atoms with E-state index in [0.29, 0.717) is 18.1 Å². The number of hydrogen-bond acceptors (Lipinski definition) is 3. The SMILES string of the molecule is CCCCN(CC(=O)N1CCS[C@@H]1c1ccc(F)cc1)Cc1cccc(Cl)c1. The van der Waals surface area contributed by atoms with Gasteiger partial charge in [-0.05, 0) is 48.4 Å². The maximum atomic E-state index is 13.3. The van der Waals surface area contributed by atoms with Gasteiger partial charge in [0.05, 0.1) is 6.54 Å². The second-order valence-corrected chi connectivity index (χ2v) is 8.68. The molecule has 1 aliphatic heterocycles. The molecular formula is C22H26ClFN2OS. The van der Waals surface area contributed by atoms with Crippen molar-refractivity contribution in [3.8, 4) is 0 Å². The Hall–Kier alpha value is -1.56. The van der Waals surface area contributed by atoms with Crippen molar-refractivity contribution >= 4 is 29.3 Å². The van der Waals surface area contributed by atoms with Crippen molar-refractivity contribution in [1.29, 1.82) is 0 Å². The molecule has 0 spiro atoms. The Labute approximate surface area is 175 Å². The summed E-state index contributed by atoms with van der Waals surface area (Å²) >= 11 is 7.85. The number of unbranched alkanes of at least 4 members (excludes halogenated alkanes) is 1. The van der Waals surface area contributed by atoms with Crippen molar-refractivity contribution in [2.24, 2.45) is 0 Å². The van der Waals surface area contributed by atoms with Gasteiger partial charge in [0.25, 0.3) is 0 Å². The van der Waals surface area contributed by atoms with Gasteiger partial charge in [0.15, 0.2) is 0 Å². The van der Waals surface area contributed by atoms with E-state index in [-0.39, 0.29) is 17.1 Å². The summed E-state index contributed by atoms with van der Waals surface area (Å²) in [6, 6.07) is 14.3. The molecule has 2 aromatic rings. The minimum absolute atomic E-state index is 0.0349. The molecule has 0 saturated carbocycles. The molecule has 1 atom stereocenters. The van der Waals surface area contributed by atoms with Crippen molar-refractivity contribution in [1.82, 2.24) is 9.80 Å². The molecule has 0 aliphatic carbocycles. The monoisotopic (exact) mass is 420 g/mol. The van der Waals surface area contributed by atoms with Crippen LogP contribution in [-0.4, -0.2) is 41.1 Å². The molecule has 0 aromatic heterocycles. The molecule has 6 heteroatoms. The van der Waals surface area contributed by atoms with E-state index in [1.54, 1.807) is 23.9 Å². The first kappa shape index (κ1) is 21.2. The molecule has 1 heterocycles. The first-order valence-corrected chi connectivity index (χ1v) is 11.1. The number of benzene rings is 2.